The van der Waals surface area contributed by atoms with Gasteiger partial charge in [0.25, 0.3) is 0 Å². The van der Waals surface area contributed by atoms with Crippen molar-refractivity contribution < 1.29 is 23.3 Å². The number of nitrogens with zero attached hydrogens (tertiary/aromatic N) is 2. The number of rotatable bonds is 8. The highest BCUT2D eigenvalue weighted by Crippen LogP contribution is 2.29. The Labute approximate surface area is 227 Å². The molecule has 2 fully saturated rings. The van der Waals surface area contributed by atoms with E-state index in [1.807, 2.05) is 27.7 Å². The van der Waals surface area contributed by atoms with Gasteiger partial charge < -0.3 is 19.6 Å². The van der Waals surface area contributed by atoms with Gasteiger partial charge in [-0.15, -0.1) is 0 Å². The summed E-state index contributed by atoms with van der Waals surface area (Å²) in [4.78, 5) is 40.2. The first-order valence-corrected chi connectivity index (χ1v) is 13.8. The molecule has 0 spiro atoms. The Morgan fingerprint density at radius 1 is 0.553 bits per heavy atom. The molecular weight excluding hydrogens is 476 g/mol. The molecule has 2 N–H and O–H groups in total. The predicted octanol–water partition coefficient (Wildman–Crippen LogP) is 2.94. The number of likely N-dealkylation sites (N-methyl/N-ethyl adjacent to an activating group) is 2. The largest absolute Gasteiger partial charge is 0.313 e. The molecule has 204 valence electrons. The maximum absolute atomic E-state index is 13.5. The lowest BCUT2D eigenvalue weighted by Crippen LogP contribution is -2.68. The quantitative estimate of drug-likeness (QED) is 0.414. The number of carbonyl (C=O) groups excluding carboxylic acids is 3. The summed E-state index contributed by atoms with van der Waals surface area (Å²) in [7, 11) is 4.30. The van der Waals surface area contributed by atoms with Crippen molar-refractivity contribution in [2.24, 2.45) is 0 Å². The monoisotopic (exact) mass is 520 g/mol. The van der Waals surface area contributed by atoms with Crippen molar-refractivity contribution >= 4 is 17.3 Å². The molecule has 38 heavy (non-hydrogen) atoms. The molecule has 2 aromatic carbocycles. The normalized spacial score (nSPS) is 19.5. The van der Waals surface area contributed by atoms with Crippen LogP contribution in [-0.4, -0.2) is 104 Å². The van der Waals surface area contributed by atoms with E-state index >= 15 is 0 Å². The third kappa shape index (κ3) is 5.00. The van der Waals surface area contributed by atoms with Crippen molar-refractivity contribution in [2.45, 2.75) is 38.8 Å². The molecular formula is C31H44N4O3+2. The first-order valence-electron chi connectivity index (χ1n) is 13.8. The lowest BCUT2D eigenvalue weighted by atomic mass is 9.87. The van der Waals surface area contributed by atoms with Crippen LogP contribution in [0.4, 0.5) is 0 Å². The number of hydrogen-bond donors (Lipinski definition) is 2. The Hall–Kier alpha value is -2.71. The topological polar surface area (TPSA) is 75.3 Å². The molecule has 0 radical (unpaired) electrons. The summed E-state index contributed by atoms with van der Waals surface area (Å²) in [5.41, 5.74) is 1.18. The molecule has 0 amide bonds. The van der Waals surface area contributed by atoms with Gasteiger partial charge in [-0.05, 0) is 27.7 Å². The number of ketones is 3. The molecule has 0 atom stereocenters. The first kappa shape index (κ1) is 28.3. The number of carbonyl (C=O) groups is 3. The smallest absolute Gasteiger partial charge is 0.222 e. The summed E-state index contributed by atoms with van der Waals surface area (Å²) in [5, 5.41) is 6.75. The minimum atomic E-state index is -0.562. The van der Waals surface area contributed by atoms with Crippen LogP contribution in [0.3, 0.4) is 0 Å². The Bertz CT molecular complexity index is 1090. The van der Waals surface area contributed by atoms with Crippen molar-refractivity contribution in [1.29, 1.82) is 0 Å². The number of nitrogens with one attached hydrogen (secondary N) is 2. The van der Waals surface area contributed by atoms with Crippen LogP contribution in [0.15, 0.2) is 48.5 Å². The van der Waals surface area contributed by atoms with Crippen LogP contribution in [0.2, 0.25) is 0 Å². The van der Waals surface area contributed by atoms with E-state index < -0.39 is 11.1 Å². The maximum Gasteiger partial charge on any atom is 0.222 e. The highest BCUT2D eigenvalue weighted by Gasteiger charge is 2.48. The van der Waals surface area contributed by atoms with E-state index in [9.17, 15) is 14.4 Å². The molecule has 0 bridgehead atoms. The van der Waals surface area contributed by atoms with Gasteiger partial charge in [0.15, 0.2) is 16.9 Å². The summed E-state index contributed by atoms with van der Waals surface area (Å²) in [6.45, 7) is 15.3. The fraction of sp³-hybridized carbons (Fsp3) is 0.516. The highest BCUT2D eigenvalue weighted by molar-refractivity contribution is 6.10. The van der Waals surface area contributed by atoms with Crippen LogP contribution in [0.25, 0.3) is 0 Å². The van der Waals surface area contributed by atoms with E-state index in [0.29, 0.717) is 31.2 Å². The van der Waals surface area contributed by atoms with Gasteiger partial charge in [-0.2, -0.15) is 0 Å². The van der Waals surface area contributed by atoms with Gasteiger partial charge in [0.2, 0.25) is 11.6 Å². The molecule has 0 aliphatic carbocycles. The van der Waals surface area contributed by atoms with E-state index in [2.05, 4.69) is 24.7 Å². The van der Waals surface area contributed by atoms with E-state index in [1.165, 1.54) is 0 Å². The Morgan fingerprint density at radius 2 is 0.816 bits per heavy atom. The van der Waals surface area contributed by atoms with Gasteiger partial charge in [-0.1, -0.05) is 48.5 Å². The van der Waals surface area contributed by atoms with Crippen molar-refractivity contribution in [3.63, 3.8) is 0 Å². The molecule has 2 aliphatic heterocycles. The Kier molecular flexibility index (Phi) is 7.79. The van der Waals surface area contributed by atoms with E-state index in [0.717, 1.165) is 52.4 Å². The number of benzene rings is 2. The van der Waals surface area contributed by atoms with Crippen molar-refractivity contribution in [3.8, 4) is 0 Å². The molecule has 2 aliphatic rings. The van der Waals surface area contributed by atoms with Crippen LogP contribution in [-0.2, 0) is 0 Å². The lowest BCUT2D eigenvalue weighted by Gasteiger charge is -2.48. The fourth-order valence-corrected chi connectivity index (χ4v) is 5.80. The molecule has 0 saturated carbocycles. The third-order valence-electron chi connectivity index (χ3n) is 9.76. The number of Topliss-reactive ketones (excluding diaryl/α,β-unsaturated/α-hetero) is 2. The predicted molar refractivity (Wildman–Crippen MR) is 151 cm³/mol. The summed E-state index contributed by atoms with van der Waals surface area (Å²) in [6, 6.07) is 14.0. The molecule has 0 aromatic heterocycles. The SMILES string of the molecule is CC(C)(C(=O)c1ccc(C(=O)c2ccc(C(=O)C(C)(C)[N+]3(C)CCNCC3)cc2)cc1)[N+]1(C)CCNCC1. The van der Waals surface area contributed by atoms with Crippen molar-refractivity contribution in [2.75, 3.05) is 66.5 Å². The minimum absolute atomic E-state index is 0.0900. The molecule has 2 aromatic rings. The van der Waals surface area contributed by atoms with Crippen LogP contribution in [0.5, 0.6) is 0 Å². The van der Waals surface area contributed by atoms with Crippen LogP contribution in [0, 0.1) is 0 Å². The average Bonchev–Trinajstić information content (AvgIpc) is 2.92. The van der Waals surface area contributed by atoms with Gasteiger partial charge in [0.05, 0.1) is 40.3 Å². The minimum Gasteiger partial charge on any atom is -0.313 e. The van der Waals surface area contributed by atoms with E-state index in [-0.39, 0.29) is 17.3 Å². The zero-order chi connectivity index (χ0) is 27.8. The number of piperazine rings is 2. The van der Waals surface area contributed by atoms with Crippen LogP contribution in [0.1, 0.15) is 64.3 Å². The molecule has 2 heterocycles. The maximum atomic E-state index is 13.5. The lowest BCUT2D eigenvalue weighted by molar-refractivity contribution is -0.946. The standard InChI is InChI=1S/C31H44N4O3/c1-30(2,34(5)19-15-32-16-20-34)28(37)25-11-7-23(8-12-25)27(36)24-9-13-26(14-10-24)29(38)31(3,4)35(6)21-17-33-18-22-35/h7-14,32-33H,15-22H2,1-6H3/q+2. The van der Waals surface area contributed by atoms with Crippen molar-refractivity contribution in [3.05, 3.63) is 70.8 Å². The van der Waals surface area contributed by atoms with Gasteiger partial charge in [-0.25, -0.2) is 0 Å². The molecule has 4 rings (SSSR count). The molecule has 2 saturated heterocycles. The summed E-state index contributed by atoms with van der Waals surface area (Å²) >= 11 is 0. The number of hydrogen-bond acceptors (Lipinski definition) is 5. The molecule has 7 nitrogen and oxygen atoms in total. The van der Waals surface area contributed by atoms with Crippen LogP contribution < -0.4 is 10.6 Å². The number of quaternary nitrogens is 2. The molecule has 7 heteroatoms. The van der Waals surface area contributed by atoms with Gasteiger partial charge in [0, 0.05) is 48.4 Å². The summed E-state index contributed by atoms with van der Waals surface area (Å²) in [5.74, 6) is 0.0585. The summed E-state index contributed by atoms with van der Waals surface area (Å²) in [6.07, 6.45) is 0. The zero-order valence-electron chi connectivity index (χ0n) is 23.9. The Balaban J connectivity index is 1.47. The zero-order valence-corrected chi connectivity index (χ0v) is 23.9. The fourth-order valence-electron chi connectivity index (χ4n) is 5.80. The highest BCUT2D eigenvalue weighted by atomic mass is 16.1. The second-order valence-electron chi connectivity index (χ2n) is 12.4. The second-order valence-corrected chi connectivity index (χ2v) is 12.4. The van der Waals surface area contributed by atoms with Gasteiger partial charge in [0.1, 0.15) is 0 Å². The Morgan fingerprint density at radius 3 is 1.11 bits per heavy atom. The summed E-state index contributed by atoms with van der Waals surface area (Å²) < 4.78 is 1.38. The van der Waals surface area contributed by atoms with Crippen molar-refractivity contribution in [1.82, 2.24) is 10.6 Å². The molecule has 0 unspecified atom stereocenters. The van der Waals surface area contributed by atoms with Gasteiger partial charge >= 0.3 is 0 Å². The van der Waals surface area contributed by atoms with Gasteiger partial charge in [-0.3, -0.25) is 14.4 Å². The third-order valence-corrected chi connectivity index (χ3v) is 9.76. The van der Waals surface area contributed by atoms with E-state index in [4.69, 9.17) is 0 Å². The van der Waals surface area contributed by atoms with Crippen LogP contribution >= 0.6 is 0 Å². The van der Waals surface area contributed by atoms with E-state index in [1.54, 1.807) is 48.5 Å². The average molecular weight is 521 g/mol. The second kappa shape index (κ2) is 10.5. The first-order chi connectivity index (χ1) is 17.8.